The van der Waals surface area contributed by atoms with E-state index in [1.54, 1.807) is 24.3 Å². The lowest BCUT2D eigenvalue weighted by Gasteiger charge is -2.36. The van der Waals surface area contributed by atoms with E-state index in [1.165, 1.54) is 12.8 Å². The van der Waals surface area contributed by atoms with Crippen molar-refractivity contribution in [1.82, 2.24) is 4.72 Å². The molecule has 1 aromatic carbocycles. The minimum Gasteiger partial charge on any atom is -0.274 e. The van der Waals surface area contributed by atoms with Crippen LogP contribution < -0.4 is 4.72 Å². The van der Waals surface area contributed by atoms with Crippen LogP contribution in [0.15, 0.2) is 24.3 Å². The molecule has 1 aromatic rings. The number of rotatable bonds is 6. The third kappa shape index (κ3) is 5.57. The molecule has 0 unspecified atom stereocenters. The normalized spacial score (nSPS) is 19.3. The summed E-state index contributed by atoms with van der Waals surface area (Å²) in [6, 6.07) is 8.47. The van der Waals surface area contributed by atoms with E-state index >= 15 is 0 Å². The Morgan fingerprint density at radius 2 is 1.46 bits per heavy atom. The Morgan fingerprint density at radius 3 is 1.93 bits per heavy atom. The van der Waals surface area contributed by atoms with Gasteiger partial charge in [-0.1, -0.05) is 50.7 Å². The Bertz CT molecular complexity index is 781. The fourth-order valence-corrected chi connectivity index (χ4v) is 6.10. The fourth-order valence-electron chi connectivity index (χ4n) is 4.95. The summed E-state index contributed by atoms with van der Waals surface area (Å²) >= 11 is 0. The Kier molecular flexibility index (Phi) is 7.12. The molecule has 2 fully saturated rings. The van der Waals surface area contributed by atoms with Crippen LogP contribution in [-0.4, -0.2) is 14.3 Å². The molecule has 6 heteroatoms. The molecule has 0 atom stereocenters. The van der Waals surface area contributed by atoms with Gasteiger partial charge in [-0.05, 0) is 55.2 Å². The van der Waals surface area contributed by atoms with Crippen molar-refractivity contribution in [2.75, 3.05) is 0 Å². The van der Waals surface area contributed by atoms with Gasteiger partial charge >= 0.3 is 0 Å². The highest BCUT2D eigenvalue weighted by molar-refractivity contribution is 7.89. The molecule has 1 amide bonds. The van der Waals surface area contributed by atoms with Crippen molar-refractivity contribution < 1.29 is 13.2 Å². The minimum absolute atomic E-state index is 0.184. The highest BCUT2D eigenvalue weighted by atomic mass is 32.2. The van der Waals surface area contributed by atoms with Crippen LogP contribution in [-0.2, 0) is 20.6 Å². The molecule has 0 radical (unpaired) electrons. The van der Waals surface area contributed by atoms with Crippen LogP contribution >= 0.6 is 0 Å². The highest BCUT2D eigenvalue weighted by Gasteiger charge is 2.37. The number of hydrogen-bond donors (Lipinski definition) is 1. The van der Waals surface area contributed by atoms with Gasteiger partial charge in [-0.2, -0.15) is 5.26 Å². The zero-order valence-corrected chi connectivity index (χ0v) is 17.2. The molecule has 0 spiro atoms. The Labute approximate surface area is 168 Å². The third-order valence-corrected chi connectivity index (χ3v) is 7.54. The molecule has 0 saturated heterocycles. The smallest absolute Gasteiger partial charge is 0.239 e. The van der Waals surface area contributed by atoms with E-state index in [-0.39, 0.29) is 17.6 Å². The number of nitrogens with zero attached hydrogens (tertiary/aromatic N) is 1. The summed E-state index contributed by atoms with van der Waals surface area (Å²) in [5.41, 5.74) is 1.06. The zero-order valence-electron chi connectivity index (χ0n) is 16.4. The second-order valence-corrected chi connectivity index (χ2v) is 10.1. The number of nitriles is 1. The molecule has 28 heavy (non-hydrogen) atoms. The van der Waals surface area contributed by atoms with Gasteiger partial charge in [0.15, 0.2) is 0 Å². The molecule has 2 aliphatic rings. The number of benzene rings is 1. The lowest BCUT2D eigenvalue weighted by atomic mass is 9.69. The van der Waals surface area contributed by atoms with Crippen molar-refractivity contribution >= 4 is 15.9 Å². The number of amides is 1. The largest absolute Gasteiger partial charge is 0.274 e. The first-order valence-electron chi connectivity index (χ1n) is 10.5. The summed E-state index contributed by atoms with van der Waals surface area (Å²) in [6.07, 6.45) is 11.1. The molecule has 1 N–H and O–H groups in total. The summed E-state index contributed by atoms with van der Waals surface area (Å²) in [4.78, 5) is 13.1. The molecule has 0 heterocycles. The van der Waals surface area contributed by atoms with Gasteiger partial charge in [-0.25, -0.2) is 8.42 Å². The molecule has 5 nitrogen and oxygen atoms in total. The Balaban J connectivity index is 1.70. The molecule has 0 bridgehead atoms. The van der Waals surface area contributed by atoms with Crippen molar-refractivity contribution in [3.8, 4) is 6.07 Å². The summed E-state index contributed by atoms with van der Waals surface area (Å²) in [6.45, 7) is 0. The van der Waals surface area contributed by atoms with Gasteiger partial charge in [-0.15, -0.1) is 0 Å². The van der Waals surface area contributed by atoms with E-state index in [2.05, 4.69) is 4.72 Å². The Morgan fingerprint density at radius 1 is 0.964 bits per heavy atom. The maximum absolute atomic E-state index is 13.1. The SMILES string of the molecule is N#Cc1ccc(CS(=O)(=O)NC(=O)C(C2CCCCC2)C2CCCCC2)cc1. The van der Waals surface area contributed by atoms with E-state index in [4.69, 9.17) is 5.26 Å². The van der Waals surface area contributed by atoms with Crippen LogP contribution in [0, 0.1) is 29.1 Å². The molecule has 2 saturated carbocycles. The first-order valence-corrected chi connectivity index (χ1v) is 12.2. The third-order valence-electron chi connectivity index (χ3n) is 6.31. The first kappa shape index (κ1) is 20.9. The van der Waals surface area contributed by atoms with Gasteiger partial charge in [0, 0.05) is 5.92 Å². The second kappa shape index (κ2) is 9.56. The molecular formula is C22H30N2O3S. The summed E-state index contributed by atoms with van der Waals surface area (Å²) in [5.74, 6) is -0.111. The van der Waals surface area contributed by atoms with Gasteiger partial charge in [0.25, 0.3) is 0 Å². The van der Waals surface area contributed by atoms with Crippen LogP contribution in [0.25, 0.3) is 0 Å². The predicted octanol–water partition coefficient (Wildman–Crippen LogP) is 4.28. The first-order chi connectivity index (χ1) is 13.5. The maximum Gasteiger partial charge on any atom is 0.239 e. The van der Waals surface area contributed by atoms with Gasteiger partial charge in [-0.3, -0.25) is 9.52 Å². The number of nitrogens with one attached hydrogen (secondary N) is 1. The monoisotopic (exact) mass is 402 g/mol. The minimum atomic E-state index is -3.76. The average Bonchev–Trinajstić information content (AvgIpc) is 2.69. The lowest BCUT2D eigenvalue weighted by molar-refractivity contribution is -0.128. The van der Waals surface area contributed by atoms with Crippen LogP contribution in [0.3, 0.4) is 0 Å². The highest BCUT2D eigenvalue weighted by Crippen LogP contribution is 2.40. The summed E-state index contributed by atoms with van der Waals surface area (Å²) < 4.78 is 27.7. The molecule has 2 aliphatic carbocycles. The lowest BCUT2D eigenvalue weighted by Crippen LogP contribution is -2.43. The second-order valence-electron chi connectivity index (χ2n) is 8.36. The molecule has 0 aromatic heterocycles. The molecule has 3 rings (SSSR count). The molecule has 152 valence electrons. The van der Waals surface area contributed by atoms with Gasteiger partial charge < -0.3 is 0 Å². The predicted molar refractivity (Wildman–Crippen MR) is 109 cm³/mol. The molecular weight excluding hydrogens is 372 g/mol. The van der Waals surface area contributed by atoms with E-state index in [0.29, 0.717) is 23.0 Å². The summed E-state index contributed by atoms with van der Waals surface area (Å²) in [5, 5.41) is 8.86. The van der Waals surface area contributed by atoms with Crippen molar-refractivity contribution in [2.24, 2.45) is 17.8 Å². The average molecular weight is 403 g/mol. The quantitative estimate of drug-likeness (QED) is 0.769. The van der Waals surface area contributed by atoms with Crippen LogP contribution in [0.4, 0.5) is 0 Å². The van der Waals surface area contributed by atoms with Gasteiger partial charge in [0.2, 0.25) is 15.9 Å². The van der Waals surface area contributed by atoms with Crippen molar-refractivity contribution in [2.45, 2.75) is 70.0 Å². The standard InChI is InChI=1S/C22H30N2O3S/c23-15-17-11-13-18(14-12-17)16-28(26,27)24-22(25)21(19-7-3-1-4-8-19)20-9-5-2-6-10-20/h11-14,19-21H,1-10,16H2,(H,24,25). The zero-order chi connectivity index (χ0) is 20.0. The van der Waals surface area contributed by atoms with Crippen molar-refractivity contribution in [3.05, 3.63) is 35.4 Å². The van der Waals surface area contributed by atoms with Crippen molar-refractivity contribution in [3.63, 3.8) is 0 Å². The Hall–Kier alpha value is -1.87. The van der Waals surface area contributed by atoms with Gasteiger partial charge in [0.1, 0.15) is 0 Å². The van der Waals surface area contributed by atoms with E-state index in [1.807, 2.05) is 6.07 Å². The van der Waals surface area contributed by atoms with E-state index in [0.717, 1.165) is 51.4 Å². The topological polar surface area (TPSA) is 87.0 Å². The van der Waals surface area contributed by atoms with Crippen LogP contribution in [0.1, 0.15) is 75.3 Å². The number of carbonyl (C=O) groups excluding carboxylic acids is 1. The van der Waals surface area contributed by atoms with E-state index < -0.39 is 10.0 Å². The number of carbonyl (C=O) groups is 1. The summed E-state index contributed by atoms with van der Waals surface area (Å²) in [7, 11) is -3.76. The van der Waals surface area contributed by atoms with Crippen LogP contribution in [0.5, 0.6) is 0 Å². The van der Waals surface area contributed by atoms with Crippen LogP contribution in [0.2, 0.25) is 0 Å². The number of hydrogen-bond acceptors (Lipinski definition) is 4. The van der Waals surface area contributed by atoms with E-state index in [9.17, 15) is 13.2 Å². The van der Waals surface area contributed by atoms with Gasteiger partial charge in [0.05, 0.1) is 17.4 Å². The fraction of sp³-hybridized carbons (Fsp3) is 0.636. The molecule has 0 aliphatic heterocycles. The number of sulfonamides is 1. The maximum atomic E-state index is 13.1. The van der Waals surface area contributed by atoms with Crippen molar-refractivity contribution in [1.29, 1.82) is 5.26 Å².